The largest absolute Gasteiger partial charge is 0.453 e. The van der Waals surface area contributed by atoms with E-state index >= 15 is 0 Å². The molecule has 402 valence electrons. The predicted octanol–water partition coefficient (Wildman–Crippen LogP) is 20.2. The van der Waals surface area contributed by atoms with Crippen molar-refractivity contribution >= 4 is 55.7 Å². The van der Waals surface area contributed by atoms with Crippen molar-refractivity contribution in [3.63, 3.8) is 0 Å². The van der Waals surface area contributed by atoms with Crippen molar-refractivity contribution in [2.24, 2.45) is 0 Å². The highest BCUT2D eigenvalue weighted by molar-refractivity contribution is 6.09. The second-order valence-corrected chi connectivity index (χ2v) is 21.9. The number of fused-ring (bicyclic) bond motifs is 6. The lowest BCUT2D eigenvalue weighted by Gasteiger charge is -2.42. The summed E-state index contributed by atoms with van der Waals surface area (Å²) in [6.07, 6.45) is -17.6. The number of rotatable bonds is 9. The van der Waals surface area contributed by atoms with Crippen LogP contribution >= 0.6 is 0 Å². The second-order valence-electron chi connectivity index (χ2n) is 21.9. The molecule has 2 N–H and O–H groups in total. The fraction of sp³-hybridized carbons (Fsp3) is 0.333. The lowest BCUT2D eigenvalue weighted by atomic mass is 9.62. The minimum Gasteiger partial charge on any atom is -0.453 e. The first kappa shape index (κ1) is 24.4. The van der Waals surface area contributed by atoms with Crippen molar-refractivity contribution in [2.45, 2.75) is 154 Å². The third-order valence-electron chi connectivity index (χ3n) is 13.9. The predicted molar refractivity (Wildman–Crippen MR) is 331 cm³/mol. The van der Waals surface area contributed by atoms with E-state index in [0.29, 0.717) is 11.3 Å². The number of hydrogen-bond donors (Lipinski definition) is 2. The van der Waals surface area contributed by atoms with E-state index in [1.165, 1.54) is 36.4 Å². The molecule has 0 fully saturated rings. The molecule has 3 heterocycles. The van der Waals surface area contributed by atoms with Crippen LogP contribution in [0.1, 0.15) is 208 Å². The van der Waals surface area contributed by atoms with Crippen molar-refractivity contribution in [2.75, 3.05) is 10.6 Å². The standard InChI is InChI=1S/C72H77N5O2/c1-67(2,3)46-32-37-73-63(40-46)77-60-25-18-15-20-51(60)52-29-28-48(43-61(52)77)78-62-42-47(41-59-65(62)79-66(76-59)68(4,5)6)74-57-23-16-17-24-58(57)75-64-49(44-26-30-53-55(38-44)71(11,12)35-33-69(53,7)8)21-19-22-50(64)45-27-31-54-56(39-45)72(13,14)36-34-70(54,9)10/h15-32,37-43,74-75H,33-36H2,1-14H3/i7D3,8D3,9D3,10D3,11D3,12D3,13D3,14D3,26D,27D,30D,31D,33D2,34D2,35D2,36D2,38D,39D. The molecule has 0 spiro atoms. The van der Waals surface area contributed by atoms with Crippen LogP contribution in [-0.4, -0.2) is 14.5 Å². The highest BCUT2D eigenvalue weighted by Crippen LogP contribution is 2.51. The van der Waals surface area contributed by atoms with E-state index in [1.807, 2.05) is 67.8 Å². The van der Waals surface area contributed by atoms with E-state index < -0.39 is 194 Å². The molecule has 7 aromatic carbocycles. The number of pyridine rings is 1. The van der Waals surface area contributed by atoms with Crippen LogP contribution in [-0.2, 0) is 32.5 Å². The van der Waals surface area contributed by atoms with Crippen LogP contribution in [0.3, 0.4) is 0 Å². The maximum Gasteiger partial charge on any atom is 0.201 e. The molecule has 0 bridgehead atoms. The summed E-state index contributed by atoms with van der Waals surface area (Å²) in [5.41, 5.74) is -30.3. The molecule has 79 heavy (non-hydrogen) atoms. The second kappa shape index (κ2) is 18.5. The summed E-state index contributed by atoms with van der Waals surface area (Å²) >= 11 is 0. The number of benzene rings is 7. The Bertz CT molecular complexity index is 5480. The monoisotopic (exact) mass is 1080 g/mol. The molecule has 10 aromatic rings. The summed E-state index contributed by atoms with van der Waals surface area (Å²) < 4.78 is 367. The van der Waals surface area contributed by atoms with E-state index in [0.717, 1.165) is 40.1 Å². The Morgan fingerprint density at radius 2 is 1.18 bits per heavy atom. The summed E-state index contributed by atoms with van der Waals surface area (Å²) in [6.45, 7) is -24.7. The zero-order valence-corrected chi connectivity index (χ0v) is 43.6. The van der Waals surface area contributed by atoms with E-state index in [9.17, 15) is 19.2 Å². The number of ether oxygens (including phenoxy) is 1. The Kier molecular flexibility index (Phi) is 5.70. The third-order valence-corrected chi connectivity index (χ3v) is 13.9. The Hall–Kier alpha value is -7.64. The van der Waals surface area contributed by atoms with Gasteiger partial charge in [0, 0.05) is 95.2 Å². The molecule has 3 aromatic heterocycles. The Morgan fingerprint density at radius 1 is 0.595 bits per heavy atom. The van der Waals surface area contributed by atoms with Gasteiger partial charge in [-0.1, -0.05) is 181 Å². The molecule has 0 unspecified atom stereocenters. The first-order valence-corrected chi connectivity index (χ1v) is 25.2. The van der Waals surface area contributed by atoms with Crippen LogP contribution in [0.5, 0.6) is 11.5 Å². The maximum absolute atomic E-state index is 10.3. The minimum atomic E-state index is -4.85. The summed E-state index contributed by atoms with van der Waals surface area (Å²) in [4.78, 5) is 9.65. The molecule has 0 saturated carbocycles. The summed E-state index contributed by atoms with van der Waals surface area (Å²) in [5.74, 6) is 1.12. The summed E-state index contributed by atoms with van der Waals surface area (Å²) in [6, 6.07) is 17.7. The number of aromatic nitrogens is 3. The third kappa shape index (κ3) is 9.37. The van der Waals surface area contributed by atoms with Gasteiger partial charge in [0.25, 0.3) is 0 Å². The molecule has 12 rings (SSSR count). The summed E-state index contributed by atoms with van der Waals surface area (Å²) in [5, 5.41) is 7.96. The van der Waals surface area contributed by atoms with Crippen molar-refractivity contribution in [3.8, 4) is 39.6 Å². The zero-order chi connectivity index (χ0) is 88.0. The highest BCUT2D eigenvalue weighted by atomic mass is 16.5. The molecule has 0 saturated heterocycles. The molecule has 0 radical (unpaired) electrons. The first-order valence-electron chi connectivity index (χ1n) is 44.2. The molecule has 7 heteroatoms. The molecule has 0 aliphatic heterocycles. The van der Waals surface area contributed by atoms with Crippen LogP contribution in [0.25, 0.3) is 61.0 Å². The van der Waals surface area contributed by atoms with E-state index in [4.69, 9.17) is 52.0 Å². The van der Waals surface area contributed by atoms with Crippen LogP contribution in [0.4, 0.5) is 22.7 Å². The fourth-order valence-corrected chi connectivity index (χ4v) is 9.79. The van der Waals surface area contributed by atoms with Crippen molar-refractivity contribution in [1.29, 1.82) is 0 Å². The average molecular weight is 1080 g/mol. The lowest BCUT2D eigenvalue weighted by Crippen LogP contribution is -2.33. The molecular formula is C72H77N5O2. The lowest BCUT2D eigenvalue weighted by molar-refractivity contribution is 0.332. The highest BCUT2D eigenvalue weighted by Gasteiger charge is 2.39. The number of para-hydroxylation sites is 4. The Balaban J connectivity index is 1.20. The number of hydrogen-bond acceptors (Lipinski definition) is 6. The van der Waals surface area contributed by atoms with Gasteiger partial charge >= 0.3 is 0 Å². The SMILES string of the molecule is [2H]c1c([2H])c2c(c([2H])c1-c1cccc(-c3c([2H])c([2H])c4c(c3[2H])C(C([2H])([2H])[2H])(C([2H])([2H])[2H])C([2H])([2H])C([2H])([2H])C4(C([2H])([2H])[2H])C([2H])([2H])[2H])c1Nc1ccccc1Nc1cc(Oc3ccc4c5ccccc5n(-c5cc(C(C)(C)C)ccn5)c4c3)c3oc(C(C)(C)C)nc3c1)C(C([2H])([2H])[2H])(C([2H])([2H])[2H])C([2H])([2H])C([2H])([2H])C2(C([2H])([2H])[2H])C([2H])([2H])[2H]. The van der Waals surface area contributed by atoms with Crippen molar-refractivity contribution < 1.29 is 61.2 Å². The number of anilines is 4. The van der Waals surface area contributed by atoms with E-state index in [1.54, 1.807) is 18.3 Å². The Labute approximate surface area is 521 Å². The minimum absolute atomic E-state index is 0.0346. The van der Waals surface area contributed by atoms with E-state index in [-0.39, 0.29) is 51.0 Å². The van der Waals surface area contributed by atoms with Gasteiger partial charge in [0.05, 0.1) is 36.3 Å². The Morgan fingerprint density at radius 3 is 1.78 bits per heavy atom. The van der Waals surface area contributed by atoms with Gasteiger partial charge < -0.3 is 19.8 Å². The van der Waals surface area contributed by atoms with Crippen molar-refractivity contribution in [3.05, 3.63) is 185 Å². The normalized spacial score (nSPS) is 27.3. The van der Waals surface area contributed by atoms with Gasteiger partial charge in [-0.2, -0.15) is 0 Å². The van der Waals surface area contributed by atoms with Gasteiger partial charge in [-0.25, -0.2) is 9.97 Å². The number of nitrogens with zero attached hydrogens (tertiary/aromatic N) is 3. The molecule has 7 nitrogen and oxygen atoms in total. The van der Waals surface area contributed by atoms with Gasteiger partial charge in [0.1, 0.15) is 17.1 Å². The molecule has 0 amide bonds. The maximum atomic E-state index is 10.3. The van der Waals surface area contributed by atoms with Crippen molar-refractivity contribution in [1.82, 2.24) is 14.5 Å². The molecule has 0 atom stereocenters. The van der Waals surface area contributed by atoms with Gasteiger partial charge in [-0.15, -0.1) is 0 Å². The molecular weight excluding hydrogens is 967 g/mol. The summed E-state index contributed by atoms with van der Waals surface area (Å²) in [7, 11) is 0. The van der Waals surface area contributed by atoms with Crippen LogP contribution in [0.2, 0.25) is 0 Å². The van der Waals surface area contributed by atoms with Crippen LogP contribution < -0.4 is 15.4 Å². The number of oxazole rings is 1. The average Bonchev–Trinajstić information content (AvgIpc) is 1.16. The van der Waals surface area contributed by atoms with Gasteiger partial charge in [-0.3, -0.25) is 4.57 Å². The zero-order valence-electron chi connectivity index (χ0n) is 81.6. The molecule has 2 aliphatic rings. The van der Waals surface area contributed by atoms with Gasteiger partial charge in [-0.05, 0) is 140 Å². The van der Waals surface area contributed by atoms with Gasteiger partial charge in [0.15, 0.2) is 11.3 Å². The number of nitrogens with one attached hydrogen (secondary N) is 2. The van der Waals surface area contributed by atoms with E-state index in [2.05, 4.69) is 31.4 Å². The quantitative estimate of drug-likeness (QED) is 0.150. The smallest absolute Gasteiger partial charge is 0.201 e. The fourth-order valence-electron chi connectivity index (χ4n) is 9.79. The topological polar surface area (TPSA) is 77.1 Å². The van der Waals surface area contributed by atoms with Gasteiger partial charge in [0.2, 0.25) is 5.89 Å². The van der Waals surface area contributed by atoms with Crippen LogP contribution in [0.15, 0.2) is 156 Å². The van der Waals surface area contributed by atoms with Crippen LogP contribution in [0, 0.1) is 0 Å². The molecule has 2 aliphatic carbocycles. The first-order chi connectivity index (χ1) is 53.0.